The van der Waals surface area contributed by atoms with Gasteiger partial charge in [0, 0.05) is 5.70 Å². The smallest absolute Gasteiger partial charge is 0.315 e. The first-order chi connectivity index (χ1) is 9.93. The Bertz CT molecular complexity index is 546. The minimum Gasteiger partial charge on any atom is -0.465 e. The maximum absolute atomic E-state index is 12.3. The van der Waals surface area contributed by atoms with E-state index in [4.69, 9.17) is 4.74 Å². The summed E-state index contributed by atoms with van der Waals surface area (Å²) in [4.78, 5) is 35.7. The van der Waals surface area contributed by atoms with E-state index in [0.717, 1.165) is 12.0 Å². The highest BCUT2D eigenvalue weighted by molar-refractivity contribution is 6.40. The molecule has 1 heterocycles. The van der Waals surface area contributed by atoms with Gasteiger partial charge in [-0.1, -0.05) is 25.0 Å². The van der Waals surface area contributed by atoms with Crippen LogP contribution in [0.1, 0.15) is 40.0 Å². The Morgan fingerprint density at radius 1 is 1.38 bits per heavy atom. The Labute approximate surface area is 124 Å². The van der Waals surface area contributed by atoms with Crippen molar-refractivity contribution in [1.82, 2.24) is 5.32 Å². The van der Waals surface area contributed by atoms with E-state index in [-0.39, 0.29) is 5.97 Å². The second kappa shape index (κ2) is 5.84. The molecule has 1 aliphatic carbocycles. The summed E-state index contributed by atoms with van der Waals surface area (Å²) in [6.45, 7) is 5.97. The molecule has 5 nitrogen and oxygen atoms in total. The number of Topliss-reactive ketones (excluding diaryl/α,β-unsaturated/α-hetero) is 1. The first kappa shape index (κ1) is 15.5. The number of hydrogen-bond acceptors (Lipinski definition) is 4. The minimum absolute atomic E-state index is 0.264. The predicted octanol–water partition coefficient (Wildman–Crippen LogP) is 1.89. The first-order valence-corrected chi connectivity index (χ1v) is 7.37. The molecule has 1 fully saturated rings. The molecule has 21 heavy (non-hydrogen) atoms. The van der Waals surface area contributed by atoms with Crippen molar-refractivity contribution in [2.45, 2.75) is 40.0 Å². The molecule has 0 saturated carbocycles. The Kier molecular flexibility index (Phi) is 4.30. The van der Waals surface area contributed by atoms with Gasteiger partial charge in [-0.2, -0.15) is 0 Å². The summed E-state index contributed by atoms with van der Waals surface area (Å²) in [5, 5.41) is 2.58. The largest absolute Gasteiger partial charge is 0.465 e. The van der Waals surface area contributed by atoms with Gasteiger partial charge in [-0.25, -0.2) is 0 Å². The molecule has 0 aromatic carbocycles. The number of carbonyl (C=O) groups is 3. The number of nitrogens with one attached hydrogen (secondary N) is 1. The number of ketones is 1. The number of rotatable bonds is 5. The van der Waals surface area contributed by atoms with Crippen LogP contribution in [-0.4, -0.2) is 24.3 Å². The molecule has 1 aliphatic heterocycles. The maximum atomic E-state index is 12.3. The summed E-state index contributed by atoms with van der Waals surface area (Å²) in [6, 6.07) is 0. The van der Waals surface area contributed by atoms with Crippen molar-refractivity contribution in [2.24, 2.45) is 11.3 Å². The Morgan fingerprint density at radius 3 is 2.71 bits per heavy atom. The molecule has 2 unspecified atom stereocenters. The standard InChI is InChI=1S/C16H21NO4/c1-4-8-16(3,15(20)21-5-2)10-6-7-12-11(9-10)13(18)14(19)17-12/h6-7,11H,4-5,8-9H2,1-3H3,(H,17,19). The van der Waals surface area contributed by atoms with Crippen molar-refractivity contribution >= 4 is 17.7 Å². The minimum atomic E-state index is -0.737. The molecule has 1 N–H and O–H groups in total. The fourth-order valence-electron chi connectivity index (χ4n) is 3.01. The maximum Gasteiger partial charge on any atom is 0.315 e. The lowest BCUT2D eigenvalue weighted by Crippen LogP contribution is -2.34. The molecule has 5 heteroatoms. The number of allylic oxidation sites excluding steroid dienone is 3. The van der Waals surface area contributed by atoms with Crippen molar-refractivity contribution in [1.29, 1.82) is 0 Å². The number of hydrogen-bond donors (Lipinski definition) is 1. The second-order valence-corrected chi connectivity index (χ2v) is 5.69. The zero-order chi connectivity index (χ0) is 15.6. The van der Waals surface area contributed by atoms with Gasteiger partial charge < -0.3 is 10.1 Å². The van der Waals surface area contributed by atoms with Gasteiger partial charge in [0.15, 0.2) is 0 Å². The number of ether oxygens (including phenoxy) is 1. The van der Waals surface area contributed by atoms with Crippen molar-refractivity contribution < 1.29 is 19.1 Å². The van der Waals surface area contributed by atoms with Gasteiger partial charge in [-0.15, -0.1) is 0 Å². The average molecular weight is 291 g/mol. The Hall–Kier alpha value is -1.91. The molecular weight excluding hydrogens is 270 g/mol. The molecule has 0 bridgehead atoms. The van der Waals surface area contributed by atoms with E-state index in [9.17, 15) is 14.4 Å². The van der Waals surface area contributed by atoms with E-state index >= 15 is 0 Å². The Morgan fingerprint density at radius 2 is 2.10 bits per heavy atom. The van der Waals surface area contributed by atoms with Crippen LogP contribution >= 0.6 is 0 Å². The van der Waals surface area contributed by atoms with E-state index in [0.29, 0.717) is 25.1 Å². The van der Waals surface area contributed by atoms with Gasteiger partial charge in [0.05, 0.1) is 17.9 Å². The molecule has 0 aromatic heterocycles. The second-order valence-electron chi connectivity index (χ2n) is 5.69. The molecule has 2 rings (SSSR count). The van der Waals surface area contributed by atoms with Gasteiger partial charge in [0.1, 0.15) is 0 Å². The molecule has 0 spiro atoms. The molecule has 1 saturated heterocycles. The SMILES string of the molecule is CCCC(C)(C(=O)OCC)C1=CC=C2NC(=O)C(=O)C2C1. The summed E-state index contributed by atoms with van der Waals surface area (Å²) in [7, 11) is 0. The summed E-state index contributed by atoms with van der Waals surface area (Å²) in [5.41, 5.74) is 0.761. The normalized spacial score (nSPS) is 23.7. The average Bonchev–Trinajstić information content (AvgIpc) is 2.74. The first-order valence-electron chi connectivity index (χ1n) is 7.37. The zero-order valence-electron chi connectivity index (χ0n) is 12.7. The van der Waals surface area contributed by atoms with Gasteiger partial charge >= 0.3 is 5.97 Å². The fourth-order valence-corrected chi connectivity index (χ4v) is 3.01. The predicted molar refractivity (Wildman–Crippen MR) is 77.1 cm³/mol. The highest BCUT2D eigenvalue weighted by atomic mass is 16.5. The molecule has 114 valence electrons. The lowest BCUT2D eigenvalue weighted by Gasteiger charge is -2.32. The van der Waals surface area contributed by atoms with Crippen LogP contribution in [0.3, 0.4) is 0 Å². The van der Waals surface area contributed by atoms with Crippen LogP contribution in [0.4, 0.5) is 0 Å². The molecule has 0 aromatic rings. The third kappa shape index (κ3) is 2.64. The fraction of sp³-hybridized carbons (Fsp3) is 0.562. The molecule has 2 aliphatic rings. The highest BCUT2D eigenvalue weighted by Gasteiger charge is 2.44. The van der Waals surface area contributed by atoms with E-state index in [1.807, 2.05) is 19.9 Å². The van der Waals surface area contributed by atoms with E-state index in [1.165, 1.54) is 0 Å². The van der Waals surface area contributed by atoms with Crippen LogP contribution in [0.5, 0.6) is 0 Å². The van der Waals surface area contributed by atoms with Crippen LogP contribution < -0.4 is 5.32 Å². The summed E-state index contributed by atoms with van der Waals surface area (Å²) in [5.74, 6) is -1.72. The van der Waals surface area contributed by atoms with E-state index in [1.54, 1.807) is 13.0 Å². The van der Waals surface area contributed by atoms with Crippen LogP contribution in [-0.2, 0) is 19.1 Å². The van der Waals surface area contributed by atoms with Gasteiger partial charge in [0.2, 0.25) is 5.78 Å². The molecule has 2 atom stereocenters. The van der Waals surface area contributed by atoms with Gasteiger partial charge in [0.25, 0.3) is 5.91 Å². The van der Waals surface area contributed by atoms with E-state index < -0.39 is 23.0 Å². The number of carbonyl (C=O) groups excluding carboxylic acids is 3. The highest BCUT2D eigenvalue weighted by Crippen LogP contribution is 2.41. The van der Waals surface area contributed by atoms with Crippen LogP contribution in [0.2, 0.25) is 0 Å². The molecular formula is C16H21NO4. The monoisotopic (exact) mass is 291 g/mol. The Balaban J connectivity index is 2.29. The summed E-state index contributed by atoms with van der Waals surface area (Å²) >= 11 is 0. The van der Waals surface area contributed by atoms with Crippen molar-refractivity contribution in [2.75, 3.05) is 6.61 Å². The van der Waals surface area contributed by atoms with Crippen molar-refractivity contribution in [3.8, 4) is 0 Å². The number of esters is 1. The van der Waals surface area contributed by atoms with Crippen molar-refractivity contribution in [3.63, 3.8) is 0 Å². The third-order valence-electron chi connectivity index (χ3n) is 4.25. The molecule has 1 amide bonds. The van der Waals surface area contributed by atoms with Gasteiger partial charge in [-0.05, 0) is 32.8 Å². The zero-order valence-corrected chi connectivity index (χ0v) is 12.7. The lowest BCUT2D eigenvalue weighted by atomic mass is 9.72. The summed E-state index contributed by atoms with van der Waals surface area (Å²) in [6.07, 6.45) is 5.47. The van der Waals surface area contributed by atoms with E-state index in [2.05, 4.69) is 5.32 Å². The number of amides is 1. The van der Waals surface area contributed by atoms with Crippen LogP contribution in [0, 0.1) is 11.3 Å². The summed E-state index contributed by atoms with van der Waals surface area (Å²) < 4.78 is 5.20. The van der Waals surface area contributed by atoms with Crippen molar-refractivity contribution in [3.05, 3.63) is 23.4 Å². The topological polar surface area (TPSA) is 72.5 Å². The molecule has 0 radical (unpaired) electrons. The number of fused-ring (bicyclic) bond motifs is 1. The third-order valence-corrected chi connectivity index (χ3v) is 4.25. The van der Waals surface area contributed by atoms with Crippen LogP contribution in [0.15, 0.2) is 23.4 Å². The quantitative estimate of drug-likeness (QED) is 0.620. The van der Waals surface area contributed by atoms with Gasteiger partial charge in [-0.3, -0.25) is 14.4 Å². The van der Waals surface area contributed by atoms with Crippen LogP contribution in [0.25, 0.3) is 0 Å². The lowest BCUT2D eigenvalue weighted by molar-refractivity contribution is -0.152.